The lowest BCUT2D eigenvalue weighted by Gasteiger charge is -2.35. The molecule has 0 radical (unpaired) electrons. The van der Waals surface area contributed by atoms with E-state index >= 15 is 0 Å². The second-order valence-electron chi connectivity index (χ2n) is 9.23. The summed E-state index contributed by atoms with van der Waals surface area (Å²) in [6.07, 6.45) is 3.44. The molecule has 2 aromatic rings. The lowest BCUT2D eigenvalue weighted by Crippen LogP contribution is -2.40. The number of rotatable bonds is 4. The second-order valence-corrected chi connectivity index (χ2v) is 9.23. The van der Waals surface area contributed by atoms with Crippen LogP contribution in [0.15, 0.2) is 42.6 Å². The zero-order chi connectivity index (χ0) is 21.6. The van der Waals surface area contributed by atoms with Gasteiger partial charge in [0.05, 0.1) is 6.54 Å². The number of alkyl carbamates (subject to hydrolysis) is 1. The molecule has 164 valence electrons. The monoisotopic (exact) mass is 430 g/mol. The SMILES string of the molecule is O=C1NCC2(C[C@@H]3CC(F)(F)CC[C@H]3[C@@H]2CCc2ccc(-c3cccc(F)c3)cn2)O1. The van der Waals surface area contributed by atoms with Crippen LogP contribution in [0.2, 0.25) is 0 Å². The number of nitrogens with zero attached hydrogens (tertiary/aromatic N) is 1. The van der Waals surface area contributed by atoms with Crippen molar-refractivity contribution in [3.05, 3.63) is 54.1 Å². The molecule has 4 nitrogen and oxygen atoms in total. The summed E-state index contributed by atoms with van der Waals surface area (Å²) in [4.78, 5) is 16.4. The van der Waals surface area contributed by atoms with Crippen LogP contribution in [0.1, 0.15) is 37.8 Å². The summed E-state index contributed by atoms with van der Waals surface area (Å²) in [5.74, 6) is -2.86. The molecule has 1 aromatic heterocycles. The fraction of sp³-hybridized carbons (Fsp3) is 0.500. The maximum Gasteiger partial charge on any atom is 0.407 e. The van der Waals surface area contributed by atoms with Gasteiger partial charge in [0.1, 0.15) is 11.4 Å². The Kier molecular flexibility index (Phi) is 4.94. The average Bonchev–Trinajstić information content (AvgIpc) is 3.24. The predicted molar refractivity (Wildman–Crippen MR) is 109 cm³/mol. The zero-order valence-corrected chi connectivity index (χ0v) is 17.1. The minimum atomic E-state index is -2.62. The molecule has 7 heteroatoms. The van der Waals surface area contributed by atoms with Gasteiger partial charge >= 0.3 is 6.09 Å². The van der Waals surface area contributed by atoms with Crippen LogP contribution in [-0.2, 0) is 11.2 Å². The normalized spacial score (nSPS) is 31.3. The third-order valence-electron chi connectivity index (χ3n) is 7.33. The molecule has 1 aliphatic heterocycles. The summed E-state index contributed by atoms with van der Waals surface area (Å²) in [6.45, 7) is 0.390. The van der Waals surface area contributed by atoms with E-state index in [0.29, 0.717) is 25.8 Å². The number of alkyl halides is 2. The molecule has 2 aliphatic carbocycles. The largest absolute Gasteiger partial charge is 0.441 e. The summed E-state index contributed by atoms with van der Waals surface area (Å²) >= 11 is 0. The van der Waals surface area contributed by atoms with E-state index < -0.39 is 17.6 Å². The van der Waals surface area contributed by atoms with Crippen LogP contribution in [-0.4, -0.2) is 29.1 Å². The van der Waals surface area contributed by atoms with Crippen molar-refractivity contribution in [3.8, 4) is 11.1 Å². The summed E-state index contributed by atoms with van der Waals surface area (Å²) in [5.41, 5.74) is 1.80. The van der Waals surface area contributed by atoms with Crippen molar-refractivity contribution >= 4 is 6.09 Å². The summed E-state index contributed by atoms with van der Waals surface area (Å²) < 4.78 is 47.2. The Bertz CT molecular complexity index is 981. The number of nitrogens with one attached hydrogen (secondary N) is 1. The highest BCUT2D eigenvalue weighted by Gasteiger charge is 2.60. The topological polar surface area (TPSA) is 51.2 Å². The molecule has 31 heavy (non-hydrogen) atoms. The number of aryl methyl sites for hydroxylation is 1. The number of hydrogen-bond acceptors (Lipinski definition) is 3. The molecular formula is C24H25F3N2O2. The van der Waals surface area contributed by atoms with Gasteiger partial charge in [-0.15, -0.1) is 0 Å². The van der Waals surface area contributed by atoms with E-state index in [4.69, 9.17) is 4.74 Å². The van der Waals surface area contributed by atoms with Crippen LogP contribution in [0.3, 0.4) is 0 Å². The molecule has 1 aromatic carbocycles. The third kappa shape index (κ3) is 3.90. The van der Waals surface area contributed by atoms with Gasteiger partial charge in [0.15, 0.2) is 0 Å². The molecule has 4 atom stereocenters. The predicted octanol–water partition coefficient (Wildman–Crippen LogP) is 5.37. The molecule has 1 saturated heterocycles. The highest BCUT2D eigenvalue weighted by molar-refractivity contribution is 5.70. The first-order valence-corrected chi connectivity index (χ1v) is 10.9. The average molecular weight is 430 g/mol. The molecule has 2 saturated carbocycles. The Morgan fingerprint density at radius 3 is 2.74 bits per heavy atom. The van der Waals surface area contributed by atoms with Crippen LogP contribution in [0.5, 0.6) is 0 Å². The van der Waals surface area contributed by atoms with E-state index in [2.05, 4.69) is 10.3 Å². The van der Waals surface area contributed by atoms with Crippen LogP contribution in [0.25, 0.3) is 11.1 Å². The molecule has 2 heterocycles. The summed E-state index contributed by atoms with van der Waals surface area (Å²) in [7, 11) is 0. The van der Waals surface area contributed by atoms with Gasteiger partial charge < -0.3 is 10.1 Å². The van der Waals surface area contributed by atoms with Crippen molar-refractivity contribution in [2.45, 2.75) is 50.0 Å². The summed E-state index contributed by atoms with van der Waals surface area (Å²) in [6, 6.07) is 10.2. The van der Waals surface area contributed by atoms with Crippen molar-refractivity contribution in [3.63, 3.8) is 0 Å². The first kappa shape index (κ1) is 20.3. The van der Waals surface area contributed by atoms with E-state index in [1.807, 2.05) is 18.2 Å². The maximum absolute atomic E-state index is 14.0. The highest BCUT2D eigenvalue weighted by atomic mass is 19.3. The standard InChI is InChI=1S/C24H25F3N2O2/c25-18-3-1-2-15(10-18)16-4-5-19(28-13-16)6-7-21-20-8-9-24(26,27)12-17(20)11-23(21)14-29-22(30)31-23/h1-5,10,13,17,20-21H,6-9,11-12,14H2,(H,29,30)/t17-,20-,21+,23?/m1/s1. The van der Waals surface area contributed by atoms with E-state index in [-0.39, 0.29) is 36.4 Å². The minimum Gasteiger partial charge on any atom is -0.441 e. The van der Waals surface area contributed by atoms with E-state index in [9.17, 15) is 18.0 Å². The van der Waals surface area contributed by atoms with Crippen molar-refractivity contribution in [1.82, 2.24) is 10.3 Å². The van der Waals surface area contributed by atoms with Crippen LogP contribution >= 0.6 is 0 Å². The Morgan fingerprint density at radius 2 is 2.03 bits per heavy atom. The first-order chi connectivity index (χ1) is 14.8. The van der Waals surface area contributed by atoms with Gasteiger partial charge in [0.25, 0.3) is 0 Å². The Morgan fingerprint density at radius 1 is 1.16 bits per heavy atom. The molecule has 1 unspecified atom stereocenters. The number of amides is 1. The smallest absolute Gasteiger partial charge is 0.407 e. The highest BCUT2D eigenvalue weighted by Crippen LogP contribution is 2.57. The molecule has 0 bridgehead atoms. The second kappa shape index (κ2) is 7.53. The lowest BCUT2D eigenvalue weighted by atomic mass is 9.74. The van der Waals surface area contributed by atoms with Crippen molar-refractivity contribution in [2.24, 2.45) is 17.8 Å². The molecule has 1 amide bonds. The molecule has 3 fully saturated rings. The van der Waals surface area contributed by atoms with Gasteiger partial charge in [-0.25, -0.2) is 18.0 Å². The number of fused-ring (bicyclic) bond motifs is 1. The molecular weight excluding hydrogens is 405 g/mol. The van der Waals surface area contributed by atoms with Crippen LogP contribution < -0.4 is 5.32 Å². The number of aromatic nitrogens is 1. The zero-order valence-electron chi connectivity index (χ0n) is 17.1. The summed E-state index contributed by atoms with van der Waals surface area (Å²) in [5, 5.41) is 2.75. The van der Waals surface area contributed by atoms with Crippen molar-refractivity contribution in [2.75, 3.05) is 6.54 Å². The number of halogens is 3. The van der Waals surface area contributed by atoms with E-state index in [1.54, 1.807) is 12.3 Å². The number of ether oxygens (including phenoxy) is 1. The number of carbonyl (C=O) groups excluding carboxylic acids is 1. The molecule has 1 spiro atoms. The van der Waals surface area contributed by atoms with E-state index in [1.165, 1.54) is 12.1 Å². The van der Waals surface area contributed by atoms with Crippen LogP contribution in [0.4, 0.5) is 18.0 Å². The van der Waals surface area contributed by atoms with Crippen molar-refractivity contribution < 1.29 is 22.7 Å². The van der Waals surface area contributed by atoms with Crippen LogP contribution in [0, 0.1) is 23.6 Å². The van der Waals surface area contributed by atoms with Gasteiger partial charge in [0, 0.05) is 36.2 Å². The fourth-order valence-electron chi connectivity index (χ4n) is 5.98. The fourth-order valence-corrected chi connectivity index (χ4v) is 5.98. The number of hydrogen-bond donors (Lipinski definition) is 1. The quantitative estimate of drug-likeness (QED) is 0.710. The Balaban J connectivity index is 1.31. The third-order valence-corrected chi connectivity index (χ3v) is 7.33. The first-order valence-electron chi connectivity index (χ1n) is 10.9. The molecule has 5 rings (SSSR count). The number of carbonyl (C=O) groups is 1. The number of benzene rings is 1. The minimum absolute atomic E-state index is 0.0391. The van der Waals surface area contributed by atoms with Gasteiger partial charge in [-0.05, 0) is 61.3 Å². The lowest BCUT2D eigenvalue weighted by molar-refractivity contribution is -0.0683. The van der Waals surface area contributed by atoms with Crippen molar-refractivity contribution in [1.29, 1.82) is 0 Å². The Labute approximate surface area is 179 Å². The van der Waals surface area contributed by atoms with Gasteiger partial charge in [-0.1, -0.05) is 18.2 Å². The Hall–Kier alpha value is -2.57. The molecule has 3 aliphatic rings. The van der Waals surface area contributed by atoms with Gasteiger partial charge in [0.2, 0.25) is 5.92 Å². The van der Waals surface area contributed by atoms with Gasteiger partial charge in [-0.2, -0.15) is 0 Å². The van der Waals surface area contributed by atoms with E-state index in [0.717, 1.165) is 23.2 Å². The number of pyridine rings is 1. The maximum atomic E-state index is 14.0. The van der Waals surface area contributed by atoms with Gasteiger partial charge in [-0.3, -0.25) is 4.98 Å². The molecule has 1 N–H and O–H groups in total.